The van der Waals surface area contributed by atoms with Crippen LogP contribution in [0.25, 0.3) is 0 Å². The van der Waals surface area contributed by atoms with Crippen LogP contribution in [0.3, 0.4) is 0 Å². The number of aromatic nitrogens is 3. The van der Waals surface area contributed by atoms with Gasteiger partial charge in [0.2, 0.25) is 5.91 Å². The number of H-pyrrole nitrogens is 1. The van der Waals surface area contributed by atoms with Gasteiger partial charge in [-0.05, 0) is 13.3 Å². The number of thiazole rings is 1. The molecule has 112 valence electrons. The van der Waals surface area contributed by atoms with E-state index in [0.717, 1.165) is 10.6 Å². The number of rotatable bonds is 6. The molecule has 0 aliphatic rings. The summed E-state index contributed by atoms with van der Waals surface area (Å²) in [6.07, 6.45) is 1.55. The van der Waals surface area contributed by atoms with E-state index in [1.54, 1.807) is 16.8 Å². The third-order valence-electron chi connectivity index (χ3n) is 2.92. The largest absolute Gasteiger partial charge is 0.383 e. The van der Waals surface area contributed by atoms with Gasteiger partial charge >= 0.3 is 0 Å². The Balaban J connectivity index is 1.74. The van der Waals surface area contributed by atoms with E-state index >= 15 is 0 Å². The van der Waals surface area contributed by atoms with Crippen LogP contribution >= 0.6 is 11.3 Å². The van der Waals surface area contributed by atoms with Gasteiger partial charge in [0, 0.05) is 30.3 Å². The van der Waals surface area contributed by atoms with Gasteiger partial charge in [-0.25, -0.2) is 9.97 Å². The highest BCUT2D eigenvalue weighted by Gasteiger charge is 2.06. The molecule has 2 heterocycles. The van der Waals surface area contributed by atoms with Gasteiger partial charge in [0.05, 0.1) is 11.2 Å². The third kappa shape index (κ3) is 4.67. The number of amides is 1. The lowest BCUT2D eigenvalue weighted by molar-refractivity contribution is -0.121. The SMILES string of the molecule is Cc1ncsc1CCC(=O)NCCc1nc(N)cc(=O)[nH]1. The third-order valence-corrected chi connectivity index (χ3v) is 3.91. The zero-order valence-electron chi connectivity index (χ0n) is 11.7. The Hall–Kier alpha value is -2.22. The topological polar surface area (TPSA) is 114 Å². The van der Waals surface area contributed by atoms with Crippen molar-refractivity contribution in [3.8, 4) is 0 Å². The minimum absolute atomic E-state index is 0.0333. The summed E-state index contributed by atoms with van der Waals surface area (Å²) in [5.41, 5.74) is 7.96. The van der Waals surface area contributed by atoms with Crippen molar-refractivity contribution in [2.75, 3.05) is 12.3 Å². The van der Waals surface area contributed by atoms with Crippen molar-refractivity contribution in [1.82, 2.24) is 20.3 Å². The Kier molecular flexibility index (Phi) is 5.04. The van der Waals surface area contributed by atoms with Crippen molar-refractivity contribution >= 4 is 23.1 Å². The smallest absolute Gasteiger partial charge is 0.252 e. The van der Waals surface area contributed by atoms with Gasteiger partial charge in [0.1, 0.15) is 11.6 Å². The molecule has 0 aliphatic heterocycles. The molecule has 4 N–H and O–H groups in total. The Morgan fingerprint density at radius 3 is 2.95 bits per heavy atom. The number of hydrogen-bond acceptors (Lipinski definition) is 6. The van der Waals surface area contributed by atoms with Crippen LogP contribution in [0, 0.1) is 6.92 Å². The highest BCUT2D eigenvalue weighted by molar-refractivity contribution is 7.09. The second kappa shape index (κ2) is 6.98. The number of aryl methyl sites for hydroxylation is 2. The van der Waals surface area contributed by atoms with E-state index in [9.17, 15) is 9.59 Å². The average Bonchev–Trinajstić information content (AvgIpc) is 2.81. The predicted octanol–water partition coefficient (Wildman–Crippen LogP) is 0.409. The molecule has 21 heavy (non-hydrogen) atoms. The number of carbonyl (C=O) groups is 1. The van der Waals surface area contributed by atoms with Crippen molar-refractivity contribution in [1.29, 1.82) is 0 Å². The van der Waals surface area contributed by atoms with Gasteiger partial charge in [-0.2, -0.15) is 0 Å². The van der Waals surface area contributed by atoms with E-state index in [-0.39, 0.29) is 17.3 Å². The summed E-state index contributed by atoms with van der Waals surface area (Å²) in [7, 11) is 0. The van der Waals surface area contributed by atoms with Gasteiger partial charge in [-0.1, -0.05) is 0 Å². The van der Waals surface area contributed by atoms with Gasteiger partial charge in [-0.3, -0.25) is 9.59 Å². The summed E-state index contributed by atoms with van der Waals surface area (Å²) in [6, 6.07) is 1.22. The number of nitrogens with one attached hydrogen (secondary N) is 2. The lowest BCUT2D eigenvalue weighted by atomic mass is 10.2. The summed E-state index contributed by atoms with van der Waals surface area (Å²) in [5, 5.41) is 2.79. The van der Waals surface area contributed by atoms with E-state index in [1.165, 1.54) is 6.07 Å². The summed E-state index contributed by atoms with van der Waals surface area (Å²) >= 11 is 1.56. The molecule has 0 spiro atoms. The molecule has 0 fully saturated rings. The predicted molar refractivity (Wildman–Crippen MR) is 81.2 cm³/mol. The van der Waals surface area contributed by atoms with Crippen molar-refractivity contribution in [3.63, 3.8) is 0 Å². The number of hydrogen-bond donors (Lipinski definition) is 3. The first-order valence-electron chi connectivity index (χ1n) is 6.56. The van der Waals surface area contributed by atoms with Crippen LogP contribution in [0.4, 0.5) is 5.82 Å². The zero-order chi connectivity index (χ0) is 15.2. The summed E-state index contributed by atoms with van der Waals surface area (Å²) in [6.45, 7) is 2.35. The van der Waals surface area contributed by atoms with E-state index in [0.29, 0.717) is 31.6 Å². The van der Waals surface area contributed by atoms with E-state index in [1.807, 2.05) is 6.92 Å². The molecule has 2 rings (SSSR count). The van der Waals surface area contributed by atoms with Gasteiger partial charge < -0.3 is 16.0 Å². The van der Waals surface area contributed by atoms with E-state index in [4.69, 9.17) is 5.73 Å². The normalized spacial score (nSPS) is 10.5. The van der Waals surface area contributed by atoms with Crippen molar-refractivity contribution in [2.24, 2.45) is 0 Å². The average molecular weight is 307 g/mol. The molecule has 0 saturated carbocycles. The summed E-state index contributed by atoms with van der Waals surface area (Å²) in [4.78, 5) is 34.8. The first-order valence-corrected chi connectivity index (χ1v) is 7.44. The van der Waals surface area contributed by atoms with Gasteiger partial charge in [0.15, 0.2) is 0 Å². The highest BCUT2D eigenvalue weighted by Crippen LogP contribution is 2.13. The molecule has 2 aromatic rings. The summed E-state index contributed by atoms with van der Waals surface area (Å²) in [5.74, 6) is 0.619. The van der Waals surface area contributed by atoms with Crippen LogP contribution in [0.2, 0.25) is 0 Å². The van der Waals surface area contributed by atoms with Crippen molar-refractivity contribution in [2.45, 2.75) is 26.2 Å². The maximum atomic E-state index is 11.7. The molecule has 7 nitrogen and oxygen atoms in total. The van der Waals surface area contributed by atoms with Crippen LogP contribution in [0.15, 0.2) is 16.4 Å². The maximum absolute atomic E-state index is 11.7. The molecule has 1 amide bonds. The monoisotopic (exact) mass is 307 g/mol. The molecule has 0 atom stereocenters. The van der Waals surface area contributed by atoms with Crippen molar-refractivity contribution < 1.29 is 4.79 Å². The van der Waals surface area contributed by atoms with Crippen molar-refractivity contribution in [3.05, 3.63) is 38.3 Å². The Labute approximate surface area is 125 Å². The molecule has 2 aromatic heterocycles. The molecule has 0 bridgehead atoms. The standard InChI is InChI=1S/C13H17N5O2S/c1-8-9(21-7-16-8)2-3-12(19)15-5-4-11-17-10(14)6-13(20)18-11/h6-7H,2-5H2,1H3,(H,15,19)(H3,14,17,18,20). The zero-order valence-corrected chi connectivity index (χ0v) is 12.5. The van der Waals surface area contributed by atoms with Crippen LogP contribution in [0.5, 0.6) is 0 Å². The molecule has 0 radical (unpaired) electrons. The first-order chi connectivity index (χ1) is 10.0. The fourth-order valence-electron chi connectivity index (χ4n) is 1.85. The van der Waals surface area contributed by atoms with E-state index in [2.05, 4.69) is 20.3 Å². The number of anilines is 1. The molecule has 0 aliphatic carbocycles. The van der Waals surface area contributed by atoms with Crippen LogP contribution < -0.4 is 16.6 Å². The molecule has 0 aromatic carbocycles. The van der Waals surface area contributed by atoms with Crippen LogP contribution in [0.1, 0.15) is 22.8 Å². The maximum Gasteiger partial charge on any atom is 0.252 e. The lowest BCUT2D eigenvalue weighted by Crippen LogP contribution is -2.27. The fraction of sp³-hybridized carbons (Fsp3) is 0.385. The minimum atomic E-state index is -0.288. The van der Waals surface area contributed by atoms with Crippen LogP contribution in [-0.4, -0.2) is 27.4 Å². The summed E-state index contributed by atoms with van der Waals surface area (Å²) < 4.78 is 0. The minimum Gasteiger partial charge on any atom is -0.383 e. The number of carbonyl (C=O) groups excluding carboxylic acids is 1. The quantitative estimate of drug-likeness (QED) is 0.715. The molecule has 8 heteroatoms. The molecule has 0 saturated heterocycles. The Bertz CT molecular complexity index is 679. The first kappa shape index (κ1) is 15.2. The fourth-order valence-corrected chi connectivity index (χ4v) is 2.63. The number of nitrogens with zero attached hydrogens (tertiary/aromatic N) is 2. The van der Waals surface area contributed by atoms with Gasteiger partial charge in [-0.15, -0.1) is 11.3 Å². The Morgan fingerprint density at radius 2 is 2.29 bits per heavy atom. The van der Waals surface area contributed by atoms with E-state index < -0.39 is 0 Å². The highest BCUT2D eigenvalue weighted by atomic mass is 32.1. The van der Waals surface area contributed by atoms with Gasteiger partial charge in [0.25, 0.3) is 5.56 Å². The Morgan fingerprint density at radius 1 is 1.48 bits per heavy atom. The second-order valence-electron chi connectivity index (χ2n) is 4.58. The lowest BCUT2D eigenvalue weighted by Gasteiger charge is -2.05. The molecular formula is C13H17N5O2S. The van der Waals surface area contributed by atoms with Crippen LogP contribution in [-0.2, 0) is 17.6 Å². The second-order valence-corrected chi connectivity index (χ2v) is 5.52. The molecular weight excluding hydrogens is 290 g/mol. The number of nitrogen functional groups attached to an aromatic ring is 1. The number of nitrogens with two attached hydrogens (primary N) is 1. The molecule has 0 unspecified atom stereocenters. The number of aromatic amines is 1.